The van der Waals surface area contributed by atoms with Crippen LogP contribution in [0.3, 0.4) is 0 Å². The molecule has 1 aliphatic carbocycles. The van der Waals surface area contributed by atoms with E-state index in [1.54, 1.807) is 7.05 Å². The predicted molar refractivity (Wildman–Crippen MR) is 114 cm³/mol. The number of hydrogen-bond donors (Lipinski definition) is 2. The molecular weight excluding hydrogens is 427 g/mol. The number of hydrogen-bond acceptors (Lipinski definition) is 2. The standard InChI is InChI=1S/C19H30N4O.HI/c1-20-19(23(2)15-16-9-5-3-6-10-16)21-14-13-18(24)22-17-11-7-4-8-12-17;/h3,5-6,9-10,17H,4,7-8,11-15H2,1-2H3,(H,20,21)(H,22,24);1H. The average molecular weight is 458 g/mol. The number of nitrogens with zero attached hydrogens (tertiary/aromatic N) is 2. The fourth-order valence-electron chi connectivity index (χ4n) is 3.15. The maximum atomic E-state index is 12.0. The number of carbonyl (C=O) groups is 1. The van der Waals surface area contributed by atoms with Crippen LogP contribution in [-0.4, -0.2) is 43.4 Å². The lowest BCUT2D eigenvalue weighted by Crippen LogP contribution is -2.41. The van der Waals surface area contributed by atoms with Crippen LogP contribution in [0, 0.1) is 0 Å². The van der Waals surface area contributed by atoms with Gasteiger partial charge in [-0.3, -0.25) is 9.79 Å². The first-order valence-electron chi connectivity index (χ1n) is 8.94. The van der Waals surface area contributed by atoms with Gasteiger partial charge in [-0.1, -0.05) is 49.6 Å². The molecule has 25 heavy (non-hydrogen) atoms. The minimum atomic E-state index is 0. The van der Waals surface area contributed by atoms with E-state index in [0.717, 1.165) is 25.3 Å². The summed E-state index contributed by atoms with van der Waals surface area (Å²) >= 11 is 0. The van der Waals surface area contributed by atoms with Crippen molar-refractivity contribution in [2.45, 2.75) is 51.1 Å². The normalized spacial score (nSPS) is 15.2. The van der Waals surface area contributed by atoms with Gasteiger partial charge in [0.15, 0.2) is 5.96 Å². The molecule has 1 saturated carbocycles. The van der Waals surface area contributed by atoms with E-state index in [-0.39, 0.29) is 29.9 Å². The largest absolute Gasteiger partial charge is 0.356 e. The number of aliphatic imine (C=N–C) groups is 1. The predicted octanol–water partition coefficient (Wildman–Crippen LogP) is 3.15. The molecule has 0 heterocycles. The van der Waals surface area contributed by atoms with Crippen LogP contribution in [0.5, 0.6) is 0 Å². The van der Waals surface area contributed by atoms with Crippen molar-refractivity contribution in [1.29, 1.82) is 0 Å². The van der Waals surface area contributed by atoms with Crippen LogP contribution in [0.1, 0.15) is 44.1 Å². The highest BCUT2D eigenvalue weighted by Crippen LogP contribution is 2.17. The maximum absolute atomic E-state index is 12.0. The Morgan fingerprint density at radius 3 is 2.52 bits per heavy atom. The van der Waals surface area contributed by atoms with Gasteiger partial charge in [0.25, 0.3) is 0 Å². The van der Waals surface area contributed by atoms with Crippen LogP contribution in [0.2, 0.25) is 0 Å². The third-order valence-corrected chi connectivity index (χ3v) is 4.44. The number of carbonyl (C=O) groups excluding carboxylic acids is 1. The second kappa shape index (κ2) is 12.1. The second-order valence-corrected chi connectivity index (χ2v) is 6.47. The van der Waals surface area contributed by atoms with E-state index in [9.17, 15) is 4.79 Å². The SMILES string of the molecule is CN=C(NCCC(=O)NC1CCCCC1)N(C)Cc1ccccc1.I. The molecular formula is C19H31IN4O. The monoisotopic (exact) mass is 458 g/mol. The van der Waals surface area contributed by atoms with E-state index < -0.39 is 0 Å². The fourth-order valence-corrected chi connectivity index (χ4v) is 3.15. The molecule has 0 atom stereocenters. The van der Waals surface area contributed by atoms with Gasteiger partial charge in [0, 0.05) is 39.6 Å². The summed E-state index contributed by atoms with van der Waals surface area (Å²) < 4.78 is 0. The van der Waals surface area contributed by atoms with Gasteiger partial charge in [-0.05, 0) is 18.4 Å². The number of guanidine groups is 1. The summed E-state index contributed by atoms with van der Waals surface area (Å²) in [6.45, 7) is 1.39. The Morgan fingerprint density at radius 1 is 1.20 bits per heavy atom. The summed E-state index contributed by atoms with van der Waals surface area (Å²) in [6.07, 6.45) is 6.51. The van der Waals surface area contributed by atoms with E-state index in [0.29, 0.717) is 19.0 Å². The maximum Gasteiger partial charge on any atom is 0.221 e. The summed E-state index contributed by atoms with van der Waals surface area (Å²) in [5.74, 6) is 0.944. The van der Waals surface area contributed by atoms with Crippen LogP contribution in [0.15, 0.2) is 35.3 Å². The van der Waals surface area contributed by atoms with Crippen LogP contribution in [-0.2, 0) is 11.3 Å². The van der Waals surface area contributed by atoms with Crippen LogP contribution < -0.4 is 10.6 Å². The lowest BCUT2D eigenvalue weighted by Gasteiger charge is -2.24. The molecule has 0 aliphatic heterocycles. The molecule has 0 radical (unpaired) electrons. The van der Waals surface area contributed by atoms with Crippen molar-refractivity contribution >= 4 is 35.8 Å². The lowest BCUT2D eigenvalue weighted by atomic mass is 9.95. The van der Waals surface area contributed by atoms with E-state index in [1.165, 1.54) is 24.8 Å². The van der Waals surface area contributed by atoms with Gasteiger partial charge in [0.2, 0.25) is 5.91 Å². The van der Waals surface area contributed by atoms with Gasteiger partial charge < -0.3 is 15.5 Å². The zero-order valence-electron chi connectivity index (χ0n) is 15.3. The molecule has 2 N–H and O–H groups in total. The Kier molecular flexibility index (Phi) is 10.5. The van der Waals surface area contributed by atoms with Gasteiger partial charge in [0.05, 0.1) is 0 Å². The topological polar surface area (TPSA) is 56.7 Å². The summed E-state index contributed by atoms with van der Waals surface area (Å²) in [7, 11) is 3.77. The first-order chi connectivity index (χ1) is 11.7. The van der Waals surface area contributed by atoms with Gasteiger partial charge >= 0.3 is 0 Å². The molecule has 1 aromatic rings. The van der Waals surface area contributed by atoms with Crippen molar-refractivity contribution in [1.82, 2.24) is 15.5 Å². The molecule has 0 bridgehead atoms. The van der Waals surface area contributed by atoms with Gasteiger partial charge in [-0.15, -0.1) is 24.0 Å². The van der Waals surface area contributed by atoms with Crippen molar-refractivity contribution in [2.75, 3.05) is 20.6 Å². The zero-order chi connectivity index (χ0) is 17.2. The minimum absolute atomic E-state index is 0. The van der Waals surface area contributed by atoms with Crippen LogP contribution in [0.25, 0.3) is 0 Å². The third-order valence-electron chi connectivity index (χ3n) is 4.44. The Hall–Kier alpha value is -1.31. The van der Waals surface area contributed by atoms with Crippen LogP contribution in [0.4, 0.5) is 0 Å². The van der Waals surface area contributed by atoms with Crippen molar-refractivity contribution in [3.8, 4) is 0 Å². The van der Waals surface area contributed by atoms with Crippen molar-refractivity contribution in [3.05, 3.63) is 35.9 Å². The average Bonchev–Trinajstić information content (AvgIpc) is 2.60. The molecule has 1 fully saturated rings. The number of benzene rings is 1. The minimum Gasteiger partial charge on any atom is -0.356 e. The number of rotatable bonds is 6. The highest BCUT2D eigenvalue weighted by atomic mass is 127. The smallest absolute Gasteiger partial charge is 0.221 e. The highest BCUT2D eigenvalue weighted by molar-refractivity contribution is 14.0. The van der Waals surface area contributed by atoms with Crippen molar-refractivity contribution in [3.63, 3.8) is 0 Å². The molecule has 6 heteroatoms. The third kappa shape index (κ3) is 8.07. The van der Waals surface area contributed by atoms with Crippen molar-refractivity contribution in [2.24, 2.45) is 4.99 Å². The summed E-state index contributed by atoms with van der Waals surface area (Å²) in [6, 6.07) is 10.7. The van der Waals surface area contributed by atoms with E-state index in [4.69, 9.17) is 0 Å². The van der Waals surface area contributed by atoms with E-state index in [1.807, 2.05) is 25.2 Å². The van der Waals surface area contributed by atoms with Crippen LogP contribution >= 0.6 is 24.0 Å². The Bertz CT molecular complexity index is 529. The summed E-state index contributed by atoms with van der Waals surface area (Å²) in [5, 5.41) is 6.42. The first-order valence-corrected chi connectivity index (χ1v) is 8.94. The molecule has 0 unspecified atom stereocenters. The van der Waals surface area contributed by atoms with Gasteiger partial charge in [-0.25, -0.2) is 0 Å². The molecule has 0 saturated heterocycles. The molecule has 2 rings (SSSR count). The summed E-state index contributed by atoms with van der Waals surface area (Å²) in [4.78, 5) is 18.4. The number of amides is 1. The fraction of sp³-hybridized carbons (Fsp3) is 0.579. The Labute approximate surface area is 168 Å². The van der Waals surface area contributed by atoms with E-state index in [2.05, 4.69) is 32.7 Å². The quantitative estimate of drug-likeness (QED) is 0.391. The molecule has 1 aromatic carbocycles. The number of nitrogens with one attached hydrogen (secondary N) is 2. The Balaban J connectivity index is 0.00000312. The number of halogens is 1. The summed E-state index contributed by atoms with van der Waals surface area (Å²) in [5.41, 5.74) is 1.23. The lowest BCUT2D eigenvalue weighted by molar-refractivity contribution is -0.121. The van der Waals surface area contributed by atoms with Gasteiger partial charge in [-0.2, -0.15) is 0 Å². The highest BCUT2D eigenvalue weighted by Gasteiger charge is 2.15. The Morgan fingerprint density at radius 2 is 1.88 bits per heavy atom. The first kappa shape index (κ1) is 21.7. The molecule has 1 amide bonds. The molecule has 0 aromatic heterocycles. The molecule has 1 aliphatic rings. The van der Waals surface area contributed by atoms with Crippen molar-refractivity contribution < 1.29 is 4.79 Å². The second-order valence-electron chi connectivity index (χ2n) is 6.47. The zero-order valence-corrected chi connectivity index (χ0v) is 17.7. The van der Waals surface area contributed by atoms with Gasteiger partial charge in [0.1, 0.15) is 0 Å². The van der Waals surface area contributed by atoms with E-state index >= 15 is 0 Å². The molecule has 0 spiro atoms. The molecule has 5 nitrogen and oxygen atoms in total. The molecule has 140 valence electrons.